The fourth-order valence-electron chi connectivity index (χ4n) is 2.06. The maximum absolute atomic E-state index is 12.3. The molecule has 3 rings (SSSR count). The van der Waals surface area contributed by atoms with E-state index in [2.05, 4.69) is 10.3 Å². The molecule has 1 aromatic heterocycles. The van der Waals surface area contributed by atoms with Gasteiger partial charge in [0, 0.05) is 6.20 Å². The fraction of sp³-hybridized carbons (Fsp3) is 0.143. The summed E-state index contributed by atoms with van der Waals surface area (Å²) < 4.78 is 5.71. The Bertz CT molecular complexity index is 628. The third-order valence-electron chi connectivity index (χ3n) is 3.03. The number of nitrogens with two attached hydrogens (primary N) is 1. The lowest BCUT2D eigenvalue weighted by molar-refractivity contribution is 0.0802. The van der Waals surface area contributed by atoms with E-state index in [4.69, 9.17) is 10.5 Å². The second kappa shape index (κ2) is 4.61. The monoisotopic (exact) mass is 255 g/mol. The molecule has 0 aliphatic carbocycles. The summed E-state index contributed by atoms with van der Waals surface area (Å²) >= 11 is 0. The van der Waals surface area contributed by atoms with Crippen molar-refractivity contribution in [3.63, 3.8) is 0 Å². The molecule has 1 unspecified atom stereocenters. The molecule has 0 saturated heterocycles. The van der Waals surface area contributed by atoms with Crippen LogP contribution in [0.1, 0.15) is 10.4 Å². The van der Waals surface area contributed by atoms with E-state index in [0.29, 0.717) is 17.9 Å². The first-order chi connectivity index (χ1) is 9.25. The zero-order chi connectivity index (χ0) is 13.2. The number of hydrogen-bond acceptors (Lipinski definition) is 5. The Morgan fingerprint density at radius 2 is 2.16 bits per heavy atom. The van der Waals surface area contributed by atoms with Gasteiger partial charge in [-0.3, -0.25) is 4.79 Å². The second-order valence-corrected chi connectivity index (χ2v) is 4.28. The van der Waals surface area contributed by atoms with Gasteiger partial charge in [0.1, 0.15) is 11.6 Å². The van der Waals surface area contributed by atoms with Crippen LogP contribution in [0.15, 0.2) is 42.6 Å². The van der Waals surface area contributed by atoms with Crippen LogP contribution in [0.25, 0.3) is 0 Å². The van der Waals surface area contributed by atoms with Crippen LogP contribution in [-0.2, 0) is 0 Å². The molecule has 0 spiro atoms. The van der Waals surface area contributed by atoms with E-state index in [9.17, 15) is 4.79 Å². The third-order valence-corrected chi connectivity index (χ3v) is 3.03. The van der Waals surface area contributed by atoms with Crippen molar-refractivity contribution in [3.05, 3.63) is 48.2 Å². The van der Waals surface area contributed by atoms with E-state index in [1.54, 1.807) is 18.3 Å². The summed E-state index contributed by atoms with van der Waals surface area (Å²) in [6.07, 6.45) is 0.975. The van der Waals surface area contributed by atoms with Crippen LogP contribution in [-0.4, -0.2) is 23.4 Å². The number of benzene rings is 1. The molecule has 5 nitrogen and oxygen atoms in total. The van der Waals surface area contributed by atoms with Gasteiger partial charge < -0.3 is 15.8 Å². The van der Waals surface area contributed by atoms with E-state index >= 15 is 0 Å². The summed E-state index contributed by atoms with van der Waals surface area (Å²) in [6.45, 7) is 0.421. The van der Waals surface area contributed by atoms with Gasteiger partial charge in [-0.25, -0.2) is 4.98 Å². The van der Waals surface area contributed by atoms with E-state index < -0.39 is 6.10 Å². The highest BCUT2D eigenvalue weighted by Gasteiger charge is 2.27. The van der Waals surface area contributed by atoms with Crippen LogP contribution in [0.2, 0.25) is 0 Å². The number of ether oxygens (including phenoxy) is 1. The van der Waals surface area contributed by atoms with Crippen LogP contribution in [0, 0.1) is 0 Å². The van der Waals surface area contributed by atoms with Crippen LogP contribution in [0.4, 0.5) is 11.5 Å². The number of hydrogen-bond donors (Lipinski definition) is 2. The van der Waals surface area contributed by atoms with Crippen LogP contribution < -0.4 is 15.8 Å². The lowest BCUT2D eigenvalue weighted by Gasteiger charge is -2.26. The van der Waals surface area contributed by atoms with Gasteiger partial charge >= 0.3 is 0 Å². The molecular weight excluding hydrogens is 242 g/mol. The summed E-state index contributed by atoms with van der Waals surface area (Å²) in [5.41, 5.74) is 7.01. The topological polar surface area (TPSA) is 77.2 Å². The number of carbonyl (C=O) groups excluding carboxylic acids is 1. The van der Waals surface area contributed by atoms with Gasteiger partial charge in [-0.05, 0) is 24.3 Å². The van der Waals surface area contributed by atoms with Gasteiger partial charge in [0.2, 0.25) is 5.78 Å². The Kier molecular flexibility index (Phi) is 2.79. The van der Waals surface area contributed by atoms with Crippen molar-refractivity contribution in [2.45, 2.75) is 6.10 Å². The number of nitrogens with one attached hydrogen (secondary N) is 1. The first kappa shape index (κ1) is 11.5. The molecule has 2 aromatic rings. The van der Waals surface area contributed by atoms with Crippen LogP contribution >= 0.6 is 0 Å². The largest absolute Gasteiger partial charge is 0.478 e. The number of nitrogens with zero attached hydrogens (tertiary/aromatic N) is 1. The van der Waals surface area contributed by atoms with Crippen LogP contribution in [0.5, 0.6) is 5.75 Å². The molecule has 0 saturated carbocycles. The summed E-state index contributed by atoms with van der Waals surface area (Å²) in [5.74, 6) is 0.747. The Morgan fingerprint density at radius 1 is 1.32 bits per heavy atom. The average Bonchev–Trinajstić information content (AvgIpc) is 2.46. The SMILES string of the molecule is Nc1ncccc1C(=O)C1CNc2ccccc2O1. The molecule has 0 radical (unpaired) electrons. The van der Waals surface area contributed by atoms with Gasteiger partial charge in [0.25, 0.3) is 0 Å². The molecule has 1 aliphatic heterocycles. The first-order valence-corrected chi connectivity index (χ1v) is 6.00. The molecule has 1 aromatic carbocycles. The van der Waals surface area contributed by atoms with Gasteiger partial charge in [-0.1, -0.05) is 12.1 Å². The number of para-hydroxylation sites is 2. The molecule has 96 valence electrons. The highest BCUT2D eigenvalue weighted by Crippen LogP contribution is 2.29. The molecule has 19 heavy (non-hydrogen) atoms. The Morgan fingerprint density at radius 3 is 3.00 bits per heavy atom. The number of pyridine rings is 1. The normalized spacial score (nSPS) is 16.9. The quantitative estimate of drug-likeness (QED) is 0.799. The third kappa shape index (κ3) is 2.10. The number of fused-ring (bicyclic) bond motifs is 1. The Hall–Kier alpha value is -2.56. The minimum absolute atomic E-state index is 0.160. The number of carbonyl (C=O) groups is 1. The second-order valence-electron chi connectivity index (χ2n) is 4.28. The number of rotatable bonds is 2. The highest BCUT2D eigenvalue weighted by atomic mass is 16.5. The maximum atomic E-state index is 12.3. The smallest absolute Gasteiger partial charge is 0.208 e. The van der Waals surface area contributed by atoms with Gasteiger partial charge in [0.15, 0.2) is 6.10 Å². The van der Waals surface area contributed by atoms with Gasteiger partial charge in [-0.2, -0.15) is 0 Å². The lowest BCUT2D eigenvalue weighted by Crippen LogP contribution is -2.38. The number of nitrogen functional groups attached to an aromatic ring is 1. The summed E-state index contributed by atoms with van der Waals surface area (Å²) in [5, 5.41) is 3.18. The fourth-order valence-corrected chi connectivity index (χ4v) is 2.06. The van der Waals surface area contributed by atoms with Crippen molar-refractivity contribution in [3.8, 4) is 5.75 Å². The Balaban J connectivity index is 1.86. The predicted molar refractivity (Wildman–Crippen MR) is 72.3 cm³/mol. The molecule has 5 heteroatoms. The number of aromatic nitrogens is 1. The molecule has 2 heterocycles. The first-order valence-electron chi connectivity index (χ1n) is 6.00. The maximum Gasteiger partial charge on any atom is 0.208 e. The lowest BCUT2D eigenvalue weighted by atomic mass is 10.1. The molecular formula is C14H13N3O2. The molecule has 0 fully saturated rings. The van der Waals surface area contributed by atoms with Gasteiger partial charge in [-0.15, -0.1) is 0 Å². The Labute approximate surface area is 110 Å². The predicted octanol–water partition coefficient (Wildman–Crippen LogP) is 1.72. The van der Waals surface area contributed by atoms with E-state index in [1.807, 2.05) is 24.3 Å². The average molecular weight is 255 g/mol. The zero-order valence-electron chi connectivity index (χ0n) is 10.2. The zero-order valence-corrected chi connectivity index (χ0v) is 10.2. The van der Waals surface area contributed by atoms with Crippen LogP contribution in [0.3, 0.4) is 0 Å². The number of anilines is 2. The number of Topliss-reactive ketones (excluding diaryl/α,β-unsaturated/α-hetero) is 1. The molecule has 0 amide bonds. The van der Waals surface area contributed by atoms with Crippen molar-refractivity contribution < 1.29 is 9.53 Å². The standard InChI is InChI=1S/C14H13N3O2/c15-14-9(4-3-7-16-14)13(18)12-8-17-10-5-1-2-6-11(10)19-12/h1-7,12,17H,8H2,(H2,15,16). The number of ketones is 1. The van der Waals surface area contributed by atoms with Crippen molar-refractivity contribution in [2.75, 3.05) is 17.6 Å². The van der Waals surface area contributed by atoms with Crippen molar-refractivity contribution in [1.82, 2.24) is 4.98 Å². The summed E-state index contributed by atoms with van der Waals surface area (Å²) in [6, 6.07) is 10.9. The van der Waals surface area contributed by atoms with E-state index in [1.165, 1.54) is 0 Å². The molecule has 0 bridgehead atoms. The highest BCUT2D eigenvalue weighted by molar-refractivity contribution is 6.03. The van der Waals surface area contributed by atoms with Crippen molar-refractivity contribution in [2.24, 2.45) is 0 Å². The minimum atomic E-state index is -0.582. The minimum Gasteiger partial charge on any atom is -0.478 e. The van der Waals surface area contributed by atoms with Crippen molar-refractivity contribution in [1.29, 1.82) is 0 Å². The van der Waals surface area contributed by atoms with E-state index in [0.717, 1.165) is 5.69 Å². The van der Waals surface area contributed by atoms with E-state index in [-0.39, 0.29) is 11.6 Å². The molecule has 1 atom stereocenters. The molecule has 3 N–H and O–H groups in total. The molecule has 1 aliphatic rings. The summed E-state index contributed by atoms with van der Waals surface area (Å²) in [7, 11) is 0. The summed E-state index contributed by atoms with van der Waals surface area (Å²) in [4.78, 5) is 16.3. The van der Waals surface area contributed by atoms with Gasteiger partial charge in [0.05, 0.1) is 17.8 Å². The van der Waals surface area contributed by atoms with Crippen molar-refractivity contribution >= 4 is 17.3 Å².